The topological polar surface area (TPSA) is 34.1 Å². The molecule has 2 nitrogen and oxygen atoms in total. The van der Waals surface area contributed by atoms with Gasteiger partial charge in [-0.15, -0.1) is 0 Å². The Hall–Kier alpha value is -1.70. The third-order valence-electron chi connectivity index (χ3n) is 2.31. The summed E-state index contributed by atoms with van der Waals surface area (Å²) in [5, 5.41) is 0. The Balaban J connectivity index is 3.22. The molecule has 0 fully saturated rings. The van der Waals surface area contributed by atoms with Crippen molar-refractivity contribution >= 4 is 18.1 Å². The normalized spacial score (nSPS) is 12.3. The number of hydrogen-bond acceptors (Lipinski definition) is 2. The lowest BCUT2D eigenvalue weighted by molar-refractivity contribution is -0.112. The van der Waals surface area contributed by atoms with Crippen LogP contribution in [0.4, 0.5) is 0 Å². The number of aldehydes is 2. The summed E-state index contributed by atoms with van der Waals surface area (Å²) in [6.45, 7) is 3.59. The van der Waals surface area contributed by atoms with Crippen molar-refractivity contribution in [1.29, 1.82) is 0 Å². The van der Waals surface area contributed by atoms with Gasteiger partial charge in [0.25, 0.3) is 0 Å². The second-order valence-electron chi connectivity index (χ2n) is 3.92. The maximum Gasteiger partial charge on any atom is 0.143 e. The number of hydrogen-bond donors (Lipinski definition) is 0. The van der Waals surface area contributed by atoms with Gasteiger partial charge in [-0.2, -0.15) is 0 Å². The smallest absolute Gasteiger partial charge is 0.143 e. The number of benzene rings is 1. The average Bonchev–Trinajstić information content (AvgIpc) is 2.27. The summed E-state index contributed by atoms with van der Waals surface area (Å²) in [5.41, 5.74) is 1.01. The van der Waals surface area contributed by atoms with E-state index in [1.54, 1.807) is 13.8 Å². The molecule has 2 heteroatoms. The fourth-order valence-corrected chi connectivity index (χ4v) is 1.43. The Bertz CT molecular complexity index is 375. The van der Waals surface area contributed by atoms with E-state index in [0.29, 0.717) is 6.29 Å². The summed E-state index contributed by atoms with van der Waals surface area (Å²) in [7, 11) is 0. The van der Waals surface area contributed by atoms with Gasteiger partial charge in [0.1, 0.15) is 12.6 Å². The summed E-state index contributed by atoms with van der Waals surface area (Å²) in [5.74, 6) is 0. The zero-order valence-corrected chi connectivity index (χ0v) is 8.94. The molecule has 0 spiro atoms. The van der Waals surface area contributed by atoms with Gasteiger partial charge in [0.05, 0.1) is 0 Å². The van der Waals surface area contributed by atoms with Gasteiger partial charge in [-0.05, 0) is 31.1 Å². The summed E-state index contributed by atoms with van der Waals surface area (Å²) in [6.07, 6.45) is 3.02. The lowest BCUT2D eigenvalue weighted by Crippen LogP contribution is -2.15. The molecule has 0 aliphatic heterocycles. The van der Waals surface area contributed by atoms with Gasteiger partial charge >= 0.3 is 0 Å². The highest BCUT2D eigenvalue weighted by Gasteiger charge is 2.23. The number of carbonyl (C=O) groups is 2. The highest BCUT2D eigenvalue weighted by atomic mass is 16.1. The van der Waals surface area contributed by atoms with Crippen LogP contribution in [0, 0.1) is 5.41 Å². The van der Waals surface area contributed by atoms with E-state index in [-0.39, 0.29) is 0 Å². The molecule has 0 radical (unpaired) electrons. The highest BCUT2D eigenvalue weighted by Crippen LogP contribution is 2.31. The molecule has 0 aliphatic rings. The average molecular weight is 202 g/mol. The fourth-order valence-electron chi connectivity index (χ4n) is 1.43. The van der Waals surface area contributed by atoms with Crippen molar-refractivity contribution in [3.05, 3.63) is 42.0 Å². The van der Waals surface area contributed by atoms with E-state index in [9.17, 15) is 9.59 Å². The predicted octanol–water partition coefficient (Wildman–Crippen LogP) is 2.49. The zero-order valence-electron chi connectivity index (χ0n) is 8.94. The van der Waals surface area contributed by atoms with Crippen molar-refractivity contribution < 1.29 is 9.59 Å². The van der Waals surface area contributed by atoms with E-state index in [4.69, 9.17) is 0 Å². The third kappa shape index (κ3) is 2.62. The molecule has 15 heavy (non-hydrogen) atoms. The minimum Gasteiger partial charge on any atom is -0.302 e. The van der Waals surface area contributed by atoms with Gasteiger partial charge in [-0.25, -0.2) is 0 Å². The van der Waals surface area contributed by atoms with Crippen LogP contribution in [0.1, 0.15) is 19.4 Å². The first-order valence-corrected chi connectivity index (χ1v) is 4.79. The number of allylic oxidation sites excluding steroid dienone is 2. The summed E-state index contributed by atoms with van der Waals surface area (Å²) in [6, 6.07) is 9.45. The summed E-state index contributed by atoms with van der Waals surface area (Å²) < 4.78 is 0. The van der Waals surface area contributed by atoms with Crippen LogP contribution >= 0.6 is 0 Å². The van der Waals surface area contributed by atoms with E-state index in [1.165, 1.54) is 6.08 Å². The van der Waals surface area contributed by atoms with Gasteiger partial charge in [0, 0.05) is 5.41 Å². The number of carbonyl (C=O) groups excluding carboxylic acids is 2. The van der Waals surface area contributed by atoms with E-state index < -0.39 is 5.41 Å². The Morgan fingerprint density at radius 2 is 1.73 bits per heavy atom. The first-order chi connectivity index (χ1) is 7.11. The molecule has 0 heterocycles. The zero-order chi connectivity index (χ0) is 11.3. The largest absolute Gasteiger partial charge is 0.302 e. The summed E-state index contributed by atoms with van der Waals surface area (Å²) in [4.78, 5) is 21.5. The quantitative estimate of drug-likeness (QED) is 0.555. The van der Waals surface area contributed by atoms with E-state index in [1.807, 2.05) is 30.3 Å². The Kier molecular flexibility index (Phi) is 3.56. The second kappa shape index (κ2) is 4.69. The predicted molar refractivity (Wildman–Crippen MR) is 60.3 cm³/mol. The molecule has 0 amide bonds. The highest BCUT2D eigenvalue weighted by molar-refractivity contribution is 5.91. The molecule has 0 N–H and O–H groups in total. The van der Waals surface area contributed by atoms with Gasteiger partial charge in [-0.3, -0.25) is 4.79 Å². The molecule has 0 aromatic heterocycles. The number of rotatable bonds is 4. The van der Waals surface area contributed by atoms with E-state index >= 15 is 0 Å². The molecule has 1 rings (SSSR count). The fraction of sp³-hybridized carbons (Fsp3) is 0.231. The lowest BCUT2D eigenvalue weighted by atomic mass is 9.81. The van der Waals surface area contributed by atoms with Crippen LogP contribution in [0.5, 0.6) is 0 Å². The molecule has 0 bridgehead atoms. The summed E-state index contributed by atoms with van der Waals surface area (Å²) >= 11 is 0. The SMILES string of the molecule is CC(C)(C=O)C(=CC=O)c1ccccc1. The maximum atomic E-state index is 11.0. The van der Waals surface area contributed by atoms with Gasteiger partial charge in [-0.1, -0.05) is 30.3 Å². The Morgan fingerprint density at radius 3 is 2.20 bits per heavy atom. The molecule has 0 saturated carbocycles. The van der Waals surface area contributed by atoms with E-state index in [2.05, 4.69) is 0 Å². The first-order valence-electron chi connectivity index (χ1n) is 4.79. The molecular weight excluding hydrogens is 188 g/mol. The van der Waals surface area contributed by atoms with Crippen LogP contribution in [0.15, 0.2) is 36.4 Å². The maximum absolute atomic E-state index is 11.0. The van der Waals surface area contributed by atoms with Crippen LogP contribution in [-0.4, -0.2) is 12.6 Å². The monoisotopic (exact) mass is 202 g/mol. The molecule has 0 aliphatic carbocycles. The first kappa shape index (κ1) is 11.4. The standard InChI is InChI=1S/C13H14O2/c1-13(2,10-15)12(8-9-14)11-6-4-3-5-7-11/h3-10H,1-2H3. The van der Waals surface area contributed by atoms with Crippen LogP contribution in [0.2, 0.25) is 0 Å². The van der Waals surface area contributed by atoms with Crippen molar-refractivity contribution in [2.24, 2.45) is 5.41 Å². The molecule has 0 unspecified atom stereocenters. The van der Waals surface area contributed by atoms with Crippen molar-refractivity contribution in [3.63, 3.8) is 0 Å². The second-order valence-corrected chi connectivity index (χ2v) is 3.92. The van der Waals surface area contributed by atoms with Crippen LogP contribution in [-0.2, 0) is 9.59 Å². The molecule has 78 valence electrons. The minimum absolute atomic E-state index is 0.637. The molecule has 0 atom stereocenters. The van der Waals surface area contributed by atoms with Crippen LogP contribution in [0.25, 0.3) is 5.57 Å². The van der Waals surface area contributed by atoms with Crippen LogP contribution in [0.3, 0.4) is 0 Å². The van der Waals surface area contributed by atoms with Gasteiger partial charge in [0.15, 0.2) is 0 Å². The van der Waals surface area contributed by atoms with Crippen molar-refractivity contribution in [3.8, 4) is 0 Å². The van der Waals surface area contributed by atoms with Crippen LogP contribution < -0.4 is 0 Å². The Labute approximate surface area is 89.6 Å². The lowest BCUT2D eigenvalue weighted by Gasteiger charge is -2.21. The van der Waals surface area contributed by atoms with Crippen molar-refractivity contribution in [2.75, 3.05) is 0 Å². The third-order valence-corrected chi connectivity index (χ3v) is 2.31. The van der Waals surface area contributed by atoms with Crippen molar-refractivity contribution in [1.82, 2.24) is 0 Å². The molecular formula is C13H14O2. The minimum atomic E-state index is -0.637. The van der Waals surface area contributed by atoms with E-state index in [0.717, 1.165) is 17.4 Å². The molecule has 1 aromatic rings. The molecule has 1 aromatic carbocycles. The molecule has 0 saturated heterocycles. The van der Waals surface area contributed by atoms with Crippen molar-refractivity contribution in [2.45, 2.75) is 13.8 Å². The Morgan fingerprint density at radius 1 is 1.13 bits per heavy atom. The van der Waals surface area contributed by atoms with Gasteiger partial charge in [0.2, 0.25) is 0 Å². The van der Waals surface area contributed by atoms with Gasteiger partial charge < -0.3 is 4.79 Å².